The minimum atomic E-state index is -1.22. The van der Waals surface area contributed by atoms with E-state index in [2.05, 4.69) is 0 Å². The summed E-state index contributed by atoms with van der Waals surface area (Å²) in [5, 5.41) is 19.1. The minimum absolute atomic E-state index is 0.406. The number of allylic oxidation sites excluding steroid dienone is 2. The third-order valence-corrected chi connectivity index (χ3v) is 3.65. The lowest BCUT2D eigenvalue weighted by atomic mass is 10.1. The lowest BCUT2D eigenvalue weighted by Crippen LogP contribution is -2.37. The number of thioether (sulfide) groups is 1. The number of hydrogen-bond acceptors (Lipinski definition) is 5. The van der Waals surface area contributed by atoms with Crippen molar-refractivity contribution in [3.63, 3.8) is 0 Å². The fourth-order valence-corrected chi connectivity index (χ4v) is 2.42. The molecule has 4 nitrogen and oxygen atoms in total. The molecule has 0 aromatic carbocycles. The van der Waals surface area contributed by atoms with Gasteiger partial charge in [-0.2, -0.15) is 0 Å². The van der Waals surface area contributed by atoms with Crippen LogP contribution in [-0.2, 0) is 0 Å². The molecule has 0 fully saturated rings. The van der Waals surface area contributed by atoms with Gasteiger partial charge in [0.1, 0.15) is 11.4 Å². The summed E-state index contributed by atoms with van der Waals surface area (Å²) in [5.74, 6) is 0. The molecule has 0 aliphatic heterocycles. The summed E-state index contributed by atoms with van der Waals surface area (Å²) >= 11 is 1.56. The first-order chi connectivity index (χ1) is 7.86. The van der Waals surface area contributed by atoms with Crippen molar-refractivity contribution < 1.29 is 10.2 Å². The van der Waals surface area contributed by atoms with E-state index in [1.54, 1.807) is 36.1 Å². The maximum absolute atomic E-state index is 9.53. The number of nitrogens with two attached hydrogens (primary N) is 2. The second-order valence-corrected chi connectivity index (χ2v) is 5.52. The molecule has 0 amide bonds. The van der Waals surface area contributed by atoms with Crippen molar-refractivity contribution >= 4 is 11.8 Å². The van der Waals surface area contributed by atoms with Crippen LogP contribution in [-0.4, -0.2) is 21.7 Å². The highest BCUT2D eigenvalue weighted by molar-refractivity contribution is 8.07. The van der Waals surface area contributed by atoms with Crippen LogP contribution in [0.25, 0.3) is 0 Å². The van der Waals surface area contributed by atoms with E-state index < -0.39 is 11.4 Å². The summed E-state index contributed by atoms with van der Waals surface area (Å²) in [4.78, 5) is 2.05. The molecule has 2 unspecified atom stereocenters. The summed E-state index contributed by atoms with van der Waals surface area (Å²) in [7, 11) is 0. The third-order valence-electron chi connectivity index (χ3n) is 2.57. The molecule has 0 aromatic rings. The zero-order valence-electron chi connectivity index (χ0n) is 9.34. The predicted octanol–water partition coefficient (Wildman–Crippen LogP) is 0.702. The molecule has 17 heavy (non-hydrogen) atoms. The van der Waals surface area contributed by atoms with Crippen molar-refractivity contribution in [2.24, 2.45) is 11.5 Å². The van der Waals surface area contributed by atoms with Crippen LogP contribution in [0.5, 0.6) is 0 Å². The van der Waals surface area contributed by atoms with E-state index >= 15 is 0 Å². The van der Waals surface area contributed by atoms with E-state index in [1.807, 2.05) is 12.2 Å². The van der Waals surface area contributed by atoms with Gasteiger partial charge < -0.3 is 21.7 Å². The van der Waals surface area contributed by atoms with Crippen molar-refractivity contribution in [1.82, 2.24) is 0 Å². The van der Waals surface area contributed by atoms with E-state index in [9.17, 15) is 10.2 Å². The van der Waals surface area contributed by atoms with Crippen LogP contribution in [0.1, 0.15) is 12.8 Å². The van der Waals surface area contributed by atoms with Gasteiger partial charge >= 0.3 is 0 Å². The van der Waals surface area contributed by atoms with Crippen molar-refractivity contribution in [2.75, 3.05) is 0 Å². The van der Waals surface area contributed by atoms with E-state index in [1.165, 1.54) is 0 Å². The summed E-state index contributed by atoms with van der Waals surface area (Å²) in [6, 6.07) is 0. The van der Waals surface area contributed by atoms with Crippen molar-refractivity contribution in [1.29, 1.82) is 0 Å². The van der Waals surface area contributed by atoms with Crippen LogP contribution >= 0.6 is 11.8 Å². The summed E-state index contributed by atoms with van der Waals surface area (Å²) in [6.07, 6.45) is 11.4. The van der Waals surface area contributed by atoms with Gasteiger partial charge in [-0.15, -0.1) is 0 Å². The number of aliphatic hydroxyl groups is 2. The zero-order chi connectivity index (χ0) is 12.5. The molecule has 2 atom stereocenters. The lowest BCUT2D eigenvalue weighted by molar-refractivity contribution is 0.1000. The van der Waals surface area contributed by atoms with Crippen LogP contribution < -0.4 is 11.5 Å². The van der Waals surface area contributed by atoms with E-state index in [4.69, 9.17) is 11.5 Å². The Morgan fingerprint density at radius 2 is 1.35 bits per heavy atom. The molecule has 2 rings (SSSR count). The molecule has 0 heterocycles. The first-order valence-electron chi connectivity index (χ1n) is 5.36. The van der Waals surface area contributed by atoms with E-state index in [0.717, 1.165) is 9.81 Å². The Morgan fingerprint density at radius 3 is 1.65 bits per heavy atom. The Balaban J connectivity index is 1.97. The molecule has 6 N–H and O–H groups in total. The SMILES string of the molecule is NC1(O)C=CC(SC2=CCC(N)(O)C=C2)=CC1. The molecule has 2 aliphatic rings. The smallest absolute Gasteiger partial charge is 0.136 e. The average Bonchev–Trinajstić information content (AvgIpc) is 2.24. The van der Waals surface area contributed by atoms with Gasteiger partial charge in [-0.3, -0.25) is 0 Å². The molecule has 0 bridgehead atoms. The van der Waals surface area contributed by atoms with Crippen molar-refractivity contribution in [2.45, 2.75) is 24.3 Å². The second-order valence-electron chi connectivity index (χ2n) is 4.37. The maximum Gasteiger partial charge on any atom is 0.136 e. The van der Waals surface area contributed by atoms with Gasteiger partial charge in [0.05, 0.1) is 0 Å². The van der Waals surface area contributed by atoms with Crippen LogP contribution in [0, 0.1) is 0 Å². The van der Waals surface area contributed by atoms with Crippen LogP contribution in [0.2, 0.25) is 0 Å². The molecule has 0 aromatic heterocycles. The van der Waals surface area contributed by atoms with E-state index in [0.29, 0.717) is 12.8 Å². The van der Waals surface area contributed by atoms with Gasteiger partial charge in [0.15, 0.2) is 0 Å². The highest BCUT2D eigenvalue weighted by Gasteiger charge is 2.21. The van der Waals surface area contributed by atoms with Gasteiger partial charge in [0, 0.05) is 22.7 Å². The van der Waals surface area contributed by atoms with Crippen molar-refractivity contribution in [3.8, 4) is 0 Å². The monoisotopic (exact) mass is 252 g/mol. The quantitative estimate of drug-likeness (QED) is 0.543. The Morgan fingerprint density at radius 1 is 0.941 bits per heavy atom. The molecular weight excluding hydrogens is 236 g/mol. The standard InChI is InChI=1S/C12H16N2O2S/c13-11(15)5-1-9(2-6-11)17-10-3-7-12(14,16)8-4-10/h1-5,7,15-16H,6,8,13-14H2. The second kappa shape index (κ2) is 4.44. The van der Waals surface area contributed by atoms with Gasteiger partial charge in [0.2, 0.25) is 0 Å². The first kappa shape index (κ1) is 12.6. The molecule has 0 radical (unpaired) electrons. The largest absolute Gasteiger partial charge is 0.372 e. The average molecular weight is 252 g/mol. The summed E-state index contributed by atoms with van der Waals surface area (Å²) in [6.45, 7) is 0. The summed E-state index contributed by atoms with van der Waals surface area (Å²) < 4.78 is 0. The van der Waals surface area contributed by atoms with Crippen LogP contribution in [0.3, 0.4) is 0 Å². The fourth-order valence-electron chi connectivity index (χ4n) is 1.54. The molecule has 2 aliphatic carbocycles. The molecule has 0 saturated heterocycles. The molecule has 0 spiro atoms. The van der Waals surface area contributed by atoms with E-state index in [-0.39, 0.29) is 0 Å². The molecule has 5 heteroatoms. The highest BCUT2D eigenvalue weighted by Crippen LogP contribution is 2.33. The highest BCUT2D eigenvalue weighted by atomic mass is 32.2. The van der Waals surface area contributed by atoms with Gasteiger partial charge in [-0.05, 0) is 24.3 Å². The Hall–Kier alpha value is -0.850. The predicted molar refractivity (Wildman–Crippen MR) is 69.5 cm³/mol. The third kappa shape index (κ3) is 3.55. The maximum atomic E-state index is 9.53. The molecule has 0 saturated carbocycles. The Bertz CT molecular complexity index is 394. The Labute approximate surface area is 104 Å². The number of rotatable bonds is 2. The number of hydrogen-bond donors (Lipinski definition) is 4. The Kier molecular flexibility index (Phi) is 3.29. The topological polar surface area (TPSA) is 92.5 Å². The summed E-state index contributed by atoms with van der Waals surface area (Å²) in [5.41, 5.74) is 8.64. The lowest BCUT2D eigenvalue weighted by Gasteiger charge is -2.23. The molecule has 92 valence electrons. The normalized spacial score (nSPS) is 36.7. The molecular formula is C12H16N2O2S. The van der Waals surface area contributed by atoms with Crippen LogP contribution in [0.4, 0.5) is 0 Å². The van der Waals surface area contributed by atoms with Crippen molar-refractivity contribution in [3.05, 3.63) is 46.3 Å². The van der Waals surface area contributed by atoms with Crippen LogP contribution in [0.15, 0.2) is 46.3 Å². The first-order valence-corrected chi connectivity index (χ1v) is 6.17. The zero-order valence-corrected chi connectivity index (χ0v) is 10.2. The van der Waals surface area contributed by atoms with Gasteiger partial charge in [-0.25, -0.2) is 0 Å². The minimum Gasteiger partial charge on any atom is -0.372 e. The van der Waals surface area contributed by atoms with Gasteiger partial charge in [0.25, 0.3) is 0 Å². The van der Waals surface area contributed by atoms with Gasteiger partial charge in [-0.1, -0.05) is 23.9 Å². The fraction of sp³-hybridized carbons (Fsp3) is 0.333.